The van der Waals surface area contributed by atoms with E-state index in [1.165, 1.54) is 43.5 Å². The highest BCUT2D eigenvalue weighted by atomic mass is 32.1. The van der Waals surface area contributed by atoms with E-state index in [1.807, 2.05) is 0 Å². The van der Waals surface area contributed by atoms with Gasteiger partial charge in [0.2, 0.25) is 5.89 Å². The zero-order valence-electron chi connectivity index (χ0n) is 12.0. The Morgan fingerprint density at radius 2 is 2.05 bits per heavy atom. The molecule has 0 spiro atoms. The van der Waals surface area contributed by atoms with Crippen LogP contribution in [-0.4, -0.2) is 15.2 Å². The van der Waals surface area contributed by atoms with Crippen LogP contribution in [0.3, 0.4) is 0 Å². The fraction of sp³-hybridized carbons (Fsp3) is 0.667. The van der Waals surface area contributed by atoms with E-state index in [2.05, 4.69) is 25.9 Å². The normalized spacial score (nSPS) is 19.2. The van der Waals surface area contributed by atoms with Gasteiger partial charge in [-0.2, -0.15) is 0 Å². The van der Waals surface area contributed by atoms with Gasteiger partial charge >= 0.3 is 6.01 Å². The standard InChI is InChI=1S/C15H20N4OS/c1-2-4-10(3-1)7-13-18-19-15(20-13)16-8-12-9-21-14(17-12)11-5-6-11/h9-11H,1-8H2,(H,16,19). The van der Waals surface area contributed by atoms with Crippen LogP contribution in [0.2, 0.25) is 0 Å². The lowest BCUT2D eigenvalue weighted by Gasteiger charge is -2.03. The third-order valence-electron chi connectivity index (χ3n) is 4.32. The molecule has 4 rings (SSSR count). The van der Waals surface area contributed by atoms with Crippen molar-refractivity contribution in [1.82, 2.24) is 15.2 Å². The summed E-state index contributed by atoms with van der Waals surface area (Å²) >= 11 is 1.76. The number of hydrogen-bond acceptors (Lipinski definition) is 6. The fourth-order valence-electron chi connectivity index (χ4n) is 2.96. The SMILES string of the molecule is c1sc(C2CC2)nc1CNc1nnc(CC2CCCC2)o1. The van der Waals surface area contributed by atoms with Crippen molar-refractivity contribution in [1.29, 1.82) is 0 Å². The molecule has 0 radical (unpaired) electrons. The molecule has 2 aliphatic rings. The highest BCUT2D eigenvalue weighted by molar-refractivity contribution is 7.09. The minimum absolute atomic E-state index is 0.518. The molecular formula is C15H20N4OS. The monoisotopic (exact) mass is 304 g/mol. The van der Waals surface area contributed by atoms with Gasteiger partial charge in [-0.1, -0.05) is 17.9 Å². The number of rotatable bonds is 6. The van der Waals surface area contributed by atoms with Crippen LogP contribution in [-0.2, 0) is 13.0 Å². The van der Waals surface area contributed by atoms with Crippen molar-refractivity contribution >= 4 is 17.4 Å². The lowest BCUT2D eigenvalue weighted by molar-refractivity contribution is 0.437. The molecule has 2 saturated carbocycles. The van der Waals surface area contributed by atoms with Crippen LogP contribution < -0.4 is 5.32 Å². The molecule has 2 aromatic heterocycles. The average Bonchev–Trinajstić information content (AvgIpc) is 2.94. The first kappa shape index (κ1) is 13.2. The summed E-state index contributed by atoms with van der Waals surface area (Å²) in [5.41, 5.74) is 1.07. The molecule has 6 heteroatoms. The summed E-state index contributed by atoms with van der Waals surface area (Å²) in [6.07, 6.45) is 8.82. The Labute approximate surface area is 128 Å². The number of thiazole rings is 1. The van der Waals surface area contributed by atoms with E-state index in [0.717, 1.165) is 29.8 Å². The summed E-state index contributed by atoms with van der Waals surface area (Å²) in [4.78, 5) is 4.64. The summed E-state index contributed by atoms with van der Waals surface area (Å²) < 4.78 is 5.68. The van der Waals surface area contributed by atoms with E-state index in [-0.39, 0.29) is 0 Å². The first-order valence-electron chi connectivity index (χ1n) is 7.87. The Bertz CT molecular complexity index is 598. The molecule has 21 heavy (non-hydrogen) atoms. The van der Waals surface area contributed by atoms with Crippen molar-refractivity contribution in [2.24, 2.45) is 5.92 Å². The van der Waals surface area contributed by atoms with Crippen molar-refractivity contribution in [2.45, 2.75) is 57.4 Å². The number of hydrogen-bond donors (Lipinski definition) is 1. The molecular weight excluding hydrogens is 284 g/mol. The molecule has 0 aliphatic heterocycles. The highest BCUT2D eigenvalue weighted by Gasteiger charge is 2.26. The van der Waals surface area contributed by atoms with E-state index in [4.69, 9.17) is 4.42 Å². The van der Waals surface area contributed by atoms with Gasteiger partial charge in [0.15, 0.2) is 0 Å². The highest BCUT2D eigenvalue weighted by Crippen LogP contribution is 2.41. The van der Waals surface area contributed by atoms with Crippen LogP contribution in [0.5, 0.6) is 0 Å². The molecule has 2 aromatic rings. The Balaban J connectivity index is 1.30. The summed E-state index contributed by atoms with van der Waals surface area (Å²) in [5.74, 6) is 2.23. The van der Waals surface area contributed by atoms with Crippen LogP contribution in [0.15, 0.2) is 9.80 Å². The number of anilines is 1. The van der Waals surface area contributed by atoms with E-state index in [1.54, 1.807) is 11.3 Å². The molecule has 0 atom stereocenters. The summed E-state index contributed by atoms with van der Waals surface area (Å²) in [7, 11) is 0. The van der Waals surface area contributed by atoms with Crippen molar-refractivity contribution in [3.05, 3.63) is 22.0 Å². The fourth-order valence-corrected chi connectivity index (χ4v) is 3.95. The van der Waals surface area contributed by atoms with Crippen LogP contribution in [0.1, 0.15) is 61.0 Å². The van der Waals surface area contributed by atoms with E-state index < -0.39 is 0 Å². The molecule has 5 nitrogen and oxygen atoms in total. The molecule has 0 saturated heterocycles. The largest absolute Gasteiger partial charge is 0.408 e. The Morgan fingerprint density at radius 3 is 2.86 bits per heavy atom. The minimum atomic E-state index is 0.518. The Hall–Kier alpha value is -1.43. The van der Waals surface area contributed by atoms with E-state index in [0.29, 0.717) is 12.6 Å². The lowest BCUT2D eigenvalue weighted by atomic mass is 10.0. The van der Waals surface area contributed by atoms with E-state index >= 15 is 0 Å². The molecule has 0 unspecified atom stereocenters. The molecule has 1 N–H and O–H groups in total. The molecule has 2 heterocycles. The second-order valence-electron chi connectivity index (χ2n) is 6.16. The lowest BCUT2D eigenvalue weighted by Crippen LogP contribution is -2.00. The molecule has 0 bridgehead atoms. The quantitative estimate of drug-likeness (QED) is 0.880. The number of nitrogens with one attached hydrogen (secondary N) is 1. The predicted molar refractivity (Wildman–Crippen MR) is 81.4 cm³/mol. The van der Waals surface area contributed by atoms with Gasteiger partial charge in [0, 0.05) is 17.7 Å². The van der Waals surface area contributed by atoms with Crippen molar-refractivity contribution < 1.29 is 4.42 Å². The third kappa shape index (κ3) is 3.26. The van der Waals surface area contributed by atoms with Gasteiger partial charge in [0.1, 0.15) is 0 Å². The first-order valence-corrected chi connectivity index (χ1v) is 8.75. The molecule has 2 aliphatic carbocycles. The maximum absolute atomic E-state index is 5.68. The first-order chi connectivity index (χ1) is 10.4. The van der Waals surface area contributed by atoms with Crippen molar-refractivity contribution in [3.8, 4) is 0 Å². The van der Waals surface area contributed by atoms with Gasteiger partial charge in [-0.3, -0.25) is 0 Å². The molecule has 0 aromatic carbocycles. The molecule has 0 amide bonds. The third-order valence-corrected chi connectivity index (χ3v) is 5.38. The summed E-state index contributed by atoms with van der Waals surface area (Å²) in [6.45, 7) is 0.661. The molecule has 2 fully saturated rings. The average molecular weight is 304 g/mol. The van der Waals surface area contributed by atoms with Gasteiger partial charge in [0.25, 0.3) is 0 Å². The smallest absolute Gasteiger partial charge is 0.315 e. The van der Waals surface area contributed by atoms with Crippen LogP contribution in [0.4, 0.5) is 6.01 Å². The Kier molecular flexibility index (Phi) is 3.63. The zero-order chi connectivity index (χ0) is 14.1. The van der Waals surface area contributed by atoms with Gasteiger partial charge in [-0.25, -0.2) is 4.98 Å². The van der Waals surface area contributed by atoms with Crippen LogP contribution in [0, 0.1) is 5.92 Å². The number of aromatic nitrogens is 3. The summed E-state index contributed by atoms with van der Waals surface area (Å²) in [5, 5.41) is 14.8. The zero-order valence-corrected chi connectivity index (χ0v) is 12.9. The van der Waals surface area contributed by atoms with Gasteiger partial charge in [-0.15, -0.1) is 16.4 Å². The van der Waals surface area contributed by atoms with Crippen molar-refractivity contribution in [2.75, 3.05) is 5.32 Å². The van der Waals surface area contributed by atoms with Crippen LogP contribution in [0.25, 0.3) is 0 Å². The second kappa shape index (κ2) is 5.75. The number of nitrogens with zero attached hydrogens (tertiary/aromatic N) is 3. The van der Waals surface area contributed by atoms with Gasteiger partial charge in [0.05, 0.1) is 17.2 Å². The van der Waals surface area contributed by atoms with E-state index in [9.17, 15) is 0 Å². The predicted octanol–water partition coefficient (Wildman–Crippen LogP) is 3.75. The second-order valence-corrected chi connectivity index (χ2v) is 7.05. The van der Waals surface area contributed by atoms with Gasteiger partial charge < -0.3 is 9.73 Å². The van der Waals surface area contributed by atoms with Gasteiger partial charge in [-0.05, 0) is 31.6 Å². The minimum Gasteiger partial charge on any atom is -0.408 e. The Morgan fingerprint density at radius 1 is 1.19 bits per heavy atom. The molecule has 112 valence electrons. The van der Waals surface area contributed by atoms with Crippen LogP contribution >= 0.6 is 11.3 Å². The summed E-state index contributed by atoms with van der Waals surface area (Å²) in [6, 6.07) is 0.518. The topological polar surface area (TPSA) is 63.8 Å². The maximum atomic E-state index is 5.68. The maximum Gasteiger partial charge on any atom is 0.315 e. The van der Waals surface area contributed by atoms with Crippen molar-refractivity contribution in [3.63, 3.8) is 0 Å².